The third-order valence-corrected chi connectivity index (χ3v) is 5.94. The molecule has 1 aromatic heterocycles. The topological polar surface area (TPSA) is 25.4 Å². The smallest absolute Gasteiger partial charge is 0.123 e. The minimum atomic E-state index is -0.163. The van der Waals surface area contributed by atoms with Gasteiger partial charge in [0, 0.05) is 19.3 Å². The van der Waals surface area contributed by atoms with Gasteiger partial charge in [-0.3, -0.25) is 4.98 Å². The molecule has 0 bridgehead atoms. The molecule has 0 spiro atoms. The van der Waals surface area contributed by atoms with E-state index in [-0.39, 0.29) is 5.82 Å². The number of nitrogens with zero attached hydrogens (tertiary/aromatic N) is 2. The quantitative estimate of drug-likeness (QED) is 0.379. The third kappa shape index (κ3) is 9.81. The molecule has 0 aliphatic carbocycles. The normalized spacial score (nSPS) is 13.3. The molecule has 0 N–H and O–H groups in total. The van der Waals surface area contributed by atoms with E-state index < -0.39 is 0 Å². The van der Waals surface area contributed by atoms with Crippen molar-refractivity contribution in [2.75, 3.05) is 31.2 Å². The second kappa shape index (κ2) is 14.6. The highest BCUT2D eigenvalue weighted by Gasteiger charge is 2.17. The van der Waals surface area contributed by atoms with Crippen LogP contribution in [0.15, 0.2) is 66.9 Å². The van der Waals surface area contributed by atoms with Crippen LogP contribution in [-0.2, 0) is 4.74 Å². The average Bonchev–Trinajstić information content (AvgIpc) is 2.86. The van der Waals surface area contributed by atoms with Gasteiger partial charge in [0.1, 0.15) is 5.82 Å². The van der Waals surface area contributed by atoms with Crippen LogP contribution in [0.2, 0.25) is 0 Å². The Morgan fingerprint density at radius 3 is 1.80 bits per heavy atom. The second-order valence-corrected chi connectivity index (χ2v) is 9.94. The summed E-state index contributed by atoms with van der Waals surface area (Å²) < 4.78 is 17.7. The Morgan fingerprint density at radius 1 is 0.771 bits per heavy atom. The van der Waals surface area contributed by atoms with E-state index in [2.05, 4.69) is 88.7 Å². The SMILES string of the molecule is CC(C)c1ccc(F)cc1.CC(C)c1ccccc1.Cc1cnc(C(C)C)c(N2CCOCC2)c1. The molecule has 1 saturated heterocycles. The number of rotatable bonds is 4. The lowest BCUT2D eigenvalue weighted by molar-refractivity contribution is 0.122. The zero-order valence-corrected chi connectivity index (χ0v) is 22.6. The first-order valence-electron chi connectivity index (χ1n) is 12.8. The second-order valence-electron chi connectivity index (χ2n) is 9.94. The predicted molar refractivity (Wildman–Crippen MR) is 147 cm³/mol. The summed E-state index contributed by atoms with van der Waals surface area (Å²) in [5.41, 5.74) is 6.32. The molecule has 3 aromatic rings. The Kier molecular flexibility index (Phi) is 11.9. The van der Waals surface area contributed by atoms with Crippen LogP contribution < -0.4 is 4.90 Å². The molecule has 1 aliphatic rings. The van der Waals surface area contributed by atoms with Gasteiger partial charge in [0.05, 0.1) is 24.6 Å². The van der Waals surface area contributed by atoms with Gasteiger partial charge in [-0.15, -0.1) is 0 Å². The zero-order valence-electron chi connectivity index (χ0n) is 22.6. The summed E-state index contributed by atoms with van der Waals surface area (Å²) in [5.74, 6) is 1.45. The van der Waals surface area contributed by atoms with Crippen molar-refractivity contribution in [1.29, 1.82) is 0 Å². The van der Waals surface area contributed by atoms with Gasteiger partial charge in [-0.2, -0.15) is 0 Å². The van der Waals surface area contributed by atoms with E-state index in [0.29, 0.717) is 17.8 Å². The first-order valence-corrected chi connectivity index (χ1v) is 12.8. The Hall–Kier alpha value is -2.72. The lowest BCUT2D eigenvalue weighted by atomic mass is 10.0. The molecule has 0 radical (unpaired) electrons. The summed E-state index contributed by atoms with van der Waals surface area (Å²) in [6.07, 6.45) is 1.96. The highest BCUT2D eigenvalue weighted by molar-refractivity contribution is 5.53. The highest BCUT2D eigenvalue weighted by atomic mass is 19.1. The fourth-order valence-electron chi connectivity index (χ4n) is 3.75. The van der Waals surface area contributed by atoms with E-state index in [1.165, 1.54) is 40.2 Å². The number of aryl methyl sites for hydroxylation is 1. The van der Waals surface area contributed by atoms with Crippen LogP contribution >= 0.6 is 0 Å². The maximum Gasteiger partial charge on any atom is 0.123 e. The molecule has 4 rings (SSSR count). The Bertz CT molecular complexity index is 979. The first kappa shape index (κ1) is 28.5. The van der Waals surface area contributed by atoms with E-state index >= 15 is 0 Å². The number of benzene rings is 2. The predicted octanol–water partition coefficient (Wildman–Crippen LogP) is 8.11. The summed E-state index contributed by atoms with van der Waals surface area (Å²) in [4.78, 5) is 6.96. The number of aromatic nitrogens is 1. The summed E-state index contributed by atoms with van der Waals surface area (Å²) >= 11 is 0. The number of anilines is 1. The van der Waals surface area contributed by atoms with E-state index in [0.717, 1.165) is 26.3 Å². The molecule has 3 nitrogen and oxygen atoms in total. The van der Waals surface area contributed by atoms with Crippen molar-refractivity contribution in [2.45, 2.75) is 66.2 Å². The Labute approximate surface area is 212 Å². The molecule has 0 amide bonds. The first-order chi connectivity index (χ1) is 16.7. The molecular weight excluding hydrogens is 435 g/mol. The lowest BCUT2D eigenvalue weighted by Crippen LogP contribution is -2.37. The maximum atomic E-state index is 12.4. The van der Waals surface area contributed by atoms with Gasteiger partial charge in [0.15, 0.2) is 0 Å². The fraction of sp³-hybridized carbons (Fsp3) is 0.452. The fourth-order valence-corrected chi connectivity index (χ4v) is 3.75. The Morgan fingerprint density at radius 2 is 1.31 bits per heavy atom. The number of pyridine rings is 1. The van der Waals surface area contributed by atoms with E-state index in [9.17, 15) is 4.39 Å². The van der Waals surface area contributed by atoms with Crippen molar-refractivity contribution in [2.24, 2.45) is 0 Å². The molecule has 0 atom stereocenters. The summed E-state index contributed by atoms with van der Waals surface area (Å²) in [5, 5.41) is 0. The maximum absolute atomic E-state index is 12.4. The van der Waals surface area contributed by atoms with Crippen molar-refractivity contribution in [3.63, 3.8) is 0 Å². The van der Waals surface area contributed by atoms with Crippen molar-refractivity contribution in [3.05, 3.63) is 95.1 Å². The van der Waals surface area contributed by atoms with Crippen molar-refractivity contribution >= 4 is 5.69 Å². The van der Waals surface area contributed by atoms with Crippen LogP contribution in [0.5, 0.6) is 0 Å². The van der Waals surface area contributed by atoms with Crippen LogP contribution in [-0.4, -0.2) is 31.3 Å². The molecule has 1 aliphatic heterocycles. The van der Waals surface area contributed by atoms with Crippen LogP contribution in [0.25, 0.3) is 0 Å². The minimum absolute atomic E-state index is 0.163. The number of halogens is 1. The van der Waals surface area contributed by atoms with Crippen LogP contribution in [0.3, 0.4) is 0 Å². The van der Waals surface area contributed by atoms with Crippen LogP contribution in [0.4, 0.5) is 10.1 Å². The number of hydrogen-bond acceptors (Lipinski definition) is 3. The summed E-state index contributed by atoms with van der Waals surface area (Å²) in [7, 11) is 0. The monoisotopic (exact) mass is 478 g/mol. The molecule has 2 heterocycles. The van der Waals surface area contributed by atoms with Crippen LogP contribution in [0.1, 0.15) is 81.7 Å². The van der Waals surface area contributed by atoms with Gasteiger partial charge < -0.3 is 9.64 Å². The molecule has 4 heteroatoms. The van der Waals surface area contributed by atoms with Gasteiger partial charge in [-0.25, -0.2) is 4.39 Å². The van der Waals surface area contributed by atoms with Gasteiger partial charge in [0.25, 0.3) is 0 Å². The number of morpholine rings is 1. The number of ether oxygens (including phenoxy) is 1. The molecule has 190 valence electrons. The third-order valence-electron chi connectivity index (χ3n) is 5.94. The van der Waals surface area contributed by atoms with E-state index in [1.54, 1.807) is 0 Å². The summed E-state index contributed by atoms with van der Waals surface area (Å²) in [6.45, 7) is 18.7. The standard InChI is InChI=1S/C13H20N2O.C9H11F.C9H12/c1-10(2)13-12(8-11(3)9-14-13)15-4-6-16-7-5-15;1-7(2)8-3-5-9(10)6-4-8;1-8(2)9-6-4-3-5-7-9/h8-10H,4-7H2,1-3H3;3-7H,1-2H3;3-8H,1-2H3. The molecule has 2 aromatic carbocycles. The van der Waals surface area contributed by atoms with Gasteiger partial charge in [-0.05, 0) is 59.6 Å². The van der Waals surface area contributed by atoms with Crippen molar-refractivity contribution in [3.8, 4) is 0 Å². The molecule has 35 heavy (non-hydrogen) atoms. The Balaban J connectivity index is 0.000000197. The van der Waals surface area contributed by atoms with Crippen molar-refractivity contribution < 1.29 is 9.13 Å². The molecule has 0 saturated carbocycles. The largest absolute Gasteiger partial charge is 0.378 e. The summed E-state index contributed by atoms with van der Waals surface area (Å²) in [6, 6.07) is 19.4. The lowest BCUT2D eigenvalue weighted by Gasteiger charge is -2.31. The van der Waals surface area contributed by atoms with E-state index in [4.69, 9.17) is 4.74 Å². The zero-order chi connectivity index (χ0) is 25.8. The molecule has 1 fully saturated rings. The molecule has 0 unspecified atom stereocenters. The van der Waals surface area contributed by atoms with Gasteiger partial charge in [-0.1, -0.05) is 84.0 Å². The van der Waals surface area contributed by atoms with E-state index in [1.807, 2.05) is 24.4 Å². The molecular formula is C31H43FN2O. The highest BCUT2D eigenvalue weighted by Crippen LogP contribution is 2.27. The van der Waals surface area contributed by atoms with Crippen LogP contribution in [0, 0.1) is 12.7 Å². The van der Waals surface area contributed by atoms with Gasteiger partial charge in [0.2, 0.25) is 0 Å². The van der Waals surface area contributed by atoms with Crippen molar-refractivity contribution in [1.82, 2.24) is 4.98 Å². The average molecular weight is 479 g/mol. The van der Waals surface area contributed by atoms with Gasteiger partial charge >= 0.3 is 0 Å². The minimum Gasteiger partial charge on any atom is -0.378 e. The number of hydrogen-bond donors (Lipinski definition) is 0.